The molecule has 1 aromatic heterocycles. The first-order valence-corrected chi connectivity index (χ1v) is 8.24. The van der Waals surface area contributed by atoms with Crippen molar-refractivity contribution in [2.24, 2.45) is 0 Å². The van der Waals surface area contributed by atoms with E-state index in [0.29, 0.717) is 18.0 Å². The molecule has 1 rings (SSSR count). The molecule has 6 heteroatoms. The van der Waals surface area contributed by atoms with Crippen LogP contribution in [-0.2, 0) is 10.0 Å². The molecular formula is C10H16BrNO2S2. The molecule has 0 saturated heterocycles. The van der Waals surface area contributed by atoms with E-state index in [1.807, 2.05) is 20.8 Å². The predicted octanol–water partition coefficient (Wildman–Crippen LogP) is 3.24. The van der Waals surface area contributed by atoms with Crippen LogP contribution in [-0.4, -0.2) is 25.8 Å². The van der Waals surface area contributed by atoms with Crippen molar-refractivity contribution in [3.8, 4) is 0 Å². The third kappa shape index (κ3) is 2.85. The molecule has 1 heterocycles. The van der Waals surface area contributed by atoms with Crippen LogP contribution >= 0.6 is 27.3 Å². The van der Waals surface area contributed by atoms with Crippen molar-refractivity contribution in [1.29, 1.82) is 0 Å². The Labute approximate surface area is 110 Å². The molecule has 92 valence electrons. The quantitative estimate of drug-likeness (QED) is 0.833. The fraction of sp³-hybridized carbons (Fsp3) is 0.600. The maximum Gasteiger partial charge on any atom is 0.244 e. The highest BCUT2D eigenvalue weighted by atomic mass is 79.9. The number of hydrogen-bond acceptors (Lipinski definition) is 3. The lowest BCUT2D eigenvalue weighted by Gasteiger charge is -2.19. The number of aryl methyl sites for hydroxylation is 1. The third-order valence-corrected chi connectivity index (χ3v) is 6.07. The van der Waals surface area contributed by atoms with E-state index in [9.17, 15) is 8.42 Å². The van der Waals surface area contributed by atoms with Gasteiger partial charge in [0.15, 0.2) is 0 Å². The van der Waals surface area contributed by atoms with E-state index in [4.69, 9.17) is 0 Å². The van der Waals surface area contributed by atoms with E-state index < -0.39 is 10.0 Å². The summed E-state index contributed by atoms with van der Waals surface area (Å²) in [5.41, 5.74) is 0. The largest absolute Gasteiger partial charge is 0.244 e. The zero-order valence-electron chi connectivity index (χ0n) is 9.66. The Balaban J connectivity index is 3.14. The molecule has 16 heavy (non-hydrogen) atoms. The van der Waals surface area contributed by atoms with Crippen molar-refractivity contribution < 1.29 is 8.42 Å². The van der Waals surface area contributed by atoms with Gasteiger partial charge in [0.05, 0.1) is 8.68 Å². The topological polar surface area (TPSA) is 37.4 Å². The molecule has 1 aromatic rings. The van der Waals surface area contributed by atoms with Gasteiger partial charge in [-0.05, 0) is 35.3 Å². The van der Waals surface area contributed by atoms with Crippen LogP contribution in [0.15, 0.2) is 14.7 Å². The van der Waals surface area contributed by atoms with E-state index in [-0.39, 0.29) is 0 Å². The molecule has 0 unspecified atom stereocenters. The zero-order chi connectivity index (χ0) is 12.3. The summed E-state index contributed by atoms with van der Waals surface area (Å²) in [6, 6.07) is 1.69. The lowest BCUT2D eigenvalue weighted by Crippen LogP contribution is -2.31. The smallest absolute Gasteiger partial charge is 0.207 e. The Morgan fingerprint density at radius 3 is 2.44 bits per heavy atom. The van der Waals surface area contributed by atoms with Crippen LogP contribution in [0.4, 0.5) is 0 Å². The summed E-state index contributed by atoms with van der Waals surface area (Å²) in [5, 5.41) is 0. The number of halogens is 1. The van der Waals surface area contributed by atoms with Crippen LogP contribution in [0.5, 0.6) is 0 Å². The van der Waals surface area contributed by atoms with E-state index >= 15 is 0 Å². The molecule has 0 aliphatic carbocycles. The minimum Gasteiger partial charge on any atom is -0.207 e. The SMILES string of the molecule is CCCN(CC)S(=O)(=O)c1cc(Br)sc1C. The average Bonchev–Trinajstić information content (AvgIpc) is 2.54. The molecule has 0 radical (unpaired) electrons. The van der Waals surface area contributed by atoms with Crippen molar-refractivity contribution in [3.05, 3.63) is 14.7 Å². The van der Waals surface area contributed by atoms with Crippen LogP contribution in [0.25, 0.3) is 0 Å². The number of nitrogens with zero attached hydrogens (tertiary/aromatic N) is 1. The van der Waals surface area contributed by atoms with Crippen LogP contribution in [0.2, 0.25) is 0 Å². The molecule has 0 aliphatic heterocycles. The van der Waals surface area contributed by atoms with Crippen LogP contribution in [0.1, 0.15) is 25.1 Å². The average molecular weight is 326 g/mol. The fourth-order valence-corrected chi connectivity index (χ4v) is 5.45. The van der Waals surface area contributed by atoms with Crippen molar-refractivity contribution in [1.82, 2.24) is 4.31 Å². The lowest BCUT2D eigenvalue weighted by atomic mass is 10.5. The molecule has 0 saturated carbocycles. The van der Waals surface area contributed by atoms with E-state index in [1.165, 1.54) is 15.6 Å². The summed E-state index contributed by atoms with van der Waals surface area (Å²) >= 11 is 4.77. The summed E-state index contributed by atoms with van der Waals surface area (Å²) in [6.07, 6.45) is 0.831. The van der Waals surface area contributed by atoms with Crippen LogP contribution in [0, 0.1) is 6.92 Å². The normalized spacial score (nSPS) is 12.3. The van der Waals surface area contributed by atoms with Crippen molar-refractivity contribution in [3.63, 3.8) is 0 Å². The first-order valence-electron chi connectivity index (χ1n) is 5.19. The summed E-state index contributed by atoms with van der Waals surface area (Å²) in [7, 11) is -3.31. The Kier molecular flexibility index (Phi) is 4.97. The van der Waals surface area contributed by atoms with Gasteiger partial charge in [-0.15, -0.1) is 11.3 Å². The molecule has 0 amide bonds. The van der Waals surface area contributed by atoms with E-state index in [0.717, 1.165) is 15.1 Å². The standard InChI is InChI=1S/C10H16BrNO2S2/c1-4-6-12(5-2)16(13,14)9-7-10(11)15-8(9)3/h7H,4-6H2,1-3H3. The maximum absolute atomic E-state index is 12.3. The third-order valence-electron chi connectivity index (χ3n) is 2.29. The highest BCUT2D eigenvalue weighted by molar-refractivity contribution is 9.11. The second kappa shape index (κ2) is 5.62. The Bertz CT molecular complexity index is 453. The van der Waals surface area contributed by atoms with Crippen molar-refractivity contribution in [2.45, 2.75) is 32.1 Å². The molecule has 0 fully saturated rings. The second-order valence-corrected chi connectivity index (χ2v) is 8.01. The molecular weight excluding hydrogens is 310 g/mol. The number of hydrogen-bond donors (Lipinski definition) is 0. The molecule has 0 bridgehead atoms. The molecule has 0 N–H and O–H groups in total. The molecule has 3 nitrogen and oxygen atoms in total. The van der Waals surface area contributed by atoms with Gasteiger partial charge in [0, 0.05) is 18.0 Å². The maximum atomic E-state index is 12.3. The van der Waals surface area contributed by atoms with Crippen LogP contribution in [0.3, 0.4) is 0 Å². The van der Waals surface area contributed by atoms with Gasteiger partial charge < -0.3 is 0 Å². The lowest BCUT2D eigenvalue weighted by molar-refractivity contribution is 0.427. The van der Waals surface area contributed by atoms with E-state index in [1.54, 1.807) is 6.07 Å². The van der Waals surface area contributed by atoms with Gasteiger partial charge in [-0.2, -0.15) is 4.31 Å². The van der Waals surface area contributed by atoms with Gasteiger partial charge in [-0.25, -0.2) is 8.42 Å². The van der Waals surface area contributed by atoms with Gasteiger partial charge in [0.25, 0.3) is 0 Å². The van der Waals surface area contributed by atoms with Gasteiger partial charge in [-0.3, -0.25) is 0 Å². The van der Waals surface area contributed by atoms with Crippen LogP contribution < -0.4 is 0 Å². The first-order chi connectivity index (χ1) is 7.43. The fourth-order valence-electron chi connectivity index (χ4n) is 1.52. The Morgan fingerprint density at radius 1 is 1.44 bits per heavy atom. The minimum atomic E-state index is -3.31. The summed E-state index contributed by atoms with van der Waals surface area (Å²) in [5.74, 6) is 0. The van der Waals surface area contributed by atoms with Gasteiger partial charge in [0.1, 0.15) is 0 Å². The monoisotopic (exact) mass is 325 g/mol. The zero-order valence-corrected chi connectivity index (χ0v) is 12.9. The predicted molar refractivity (Wildman–Crippen MR) is 71.5 cm³/mol. The van der Waals surface area contributed by atoms with Gasteiger partial charge in [-0.1, -0.05) is 13.8 Å². The second-order valence-electron chi connectivity index (χ2n) is 3.47. The number of thiophene rings is 1. The number of sulfonamides is 1. The molecule has 0 atom stereocenters. The van der Waals surface area contributed by atoms with Crippen molar-refractivity contribution in [2.75, 3.05) is 13.1 Å². The highest BCUT2D eigenvalue weighted by Crippen LogP contribution is 2.31. The Hall–Kier alpha value is 0.0900. The van der Waals surface area contributed by atoms with Crippen molar-refractivity contribution >= 4 is 37.3 Å². The highest BCUT2D eigenvalue weighted by Gasteiger charge is 2.25. The Morgan fingerprint density at radius 2 is 2.06 bits per heavy atom. The van der Waals surface area contributed by atoms with Gasteiger partial charge >= 0.3 is 0 Å². The van der Waals surface area contributed by atoms with Gasteiger partial charge in [0.2, 0.25) is 10.0 Å². The molecule has 0 spiro atoms. The summed E-state index contributed by atoms with van der Waals surface area (Å²) in [4.78, 5) is 1.26. The number of rotatable bonds is 5. The first kappa shape index (κ1) is 14.2. The molecule has 0 aromatic carbocycles. The molecule has 0 aliphatic rings. The van der Waals surface area contributed by atoms with E-state index in [2.05, 4.69) is 15.9 Å². The summed E-state index contributed by atoms with van der Waals surface area (Å²) in [6.45, 7) is 6.77. The summed E-state index contributed by atoms with van der Waals surface area (Å²) < 4.78 is 27.0. The minimum absolute atomic E-state index is 0.430.